The third kappa shape index (κ3) is 3.33. The third-order valence-corrected chi connectivity index (χ3v) is 3.76. The molecule has 0 unspecified atom stereocenters. The smallest absolute Gasteiger partial charge is 0.222 e. The Morgan fingerprint density at radius 1 is 1.39 bits per heavy atom. The van der Waals surface area contributed by atoms with Crippen LogP contribution >= 0.6 is 0 Å². The van der Waals surface area contributed by atoms with Crippen LogP contribution in [0.1, 0.15) is 36.8 Å². The maximum Gasteiger partial charge on any atom is 0.222 e. The molecule has 1 amide bonds. The van der Waals surface area contributed by atoms with Crippen LogP contribution in [0.15, 0.2) is 24.3 Å². The van der Waals surface area contributed by atoms with Crippen molar-refractivity contribution in [3.63, 3.8) is 0 Å². The molecule has 3 heteroatoms. The molecular weight excluding hydrogens is 224 g/mol. The molecule has 1 aliphatic carbocycles. The molecule has 0 bridgehead atoms. The van der Waals surface area contributed by atoms with E-state index in [2.05, 4.69) is 6.07 Å². The molecule has 0 atom stereocenters. The Labute approximate surface area is 109 Å². The highest BCUT2D eigenvalue weighted by atomic mass is 16.2. The van der Waals surface area contributed by atoms with E-state index in [9.17, 15) is 4.79 Å². The van der Waals surface area contributed by atoms with E-state index >= 15 is 0 Å². The van der Waals surface area contributed by atoms with Crippen LogP contribution in [0.4, 0.5) is 0 Å². The molecule has 1 aliphatic rings. The van der Waals surface area contributed by atoms with E-state index in [1.165, 1.54) is 19.3 Å². The maximum absolute atomic E-state index is 12.0. The van der Waals surface area contributed by atoms with Gasteiger partial charge in [0, 0.05) is 26.6 Å². The lowest BCUT2D eigenvalue weighted by Crippen LogP contribution is -2.29. The molecule has 98 valence electrons. The van der Waals surface area contributed by atoms with Crippen molar-refractivity contribution in [2.75, 3.05) is 7.05 Å². The Bertz CT molecular complexity index is 413. The maximum atomic E-state index is 12.0. The minimum atomic E-state index is 0.262. The molecule has 0 aliphatic heterocycles. The molecule has 1 aromatic rings. The van der Waals surface area contributed by atoms with Gasteiger partial charge in [0.15, 0.2) is 0 Å². The number of nitrogens with two attached hydrogens (primary N) is 1. The summed E-state index contributed by atoms with van der Waals surface area (Å²) in [5.74, 6) is 0.896. The predicted octanol–water partition coefficient (Wildman–Crippen LogP) is 2.29. The molecule has 1 saturated carbocycles. The van der Waals surface area contributed by atoms with Crippen molar-refractivity contribution in [2.45, 2.75) is 38.8 Å². The van der Waals surface area contributed by atoms with Crippen molar-refractivity contribution in [1.82, 2.24) is 4.90 Å². The lowest BCUT2D eigenvalue weighted by atomic mass is 9.83. The van der Waals surface area contributed by atoms with E-state index in [1.54, 1.807) is 0 Å². The fraction of sp³-hybridized carbons (Fsp3) is 0.533. The van der Waals surface area contributed by atoms with Gasteiger partial charge in [-0.1, -0.05) is 30.7 Å². The van der Waals surface area contributed by atoms with E-state index < -0.39 is 0 Å². The minimum Gasteiger partial charge on any atom is -0.341 e. The molecule has 1 fully saturated rings. The van der Waals surface area contributed by atoms with Crippen LogP contribution in [0.3, 0.4) is 0 Å². The van der Waals surface area contributed by atoms with Gasteiger partial charge in [0.05, 0.1) is 0 Å². The van der Waals surface area contributed by atoms with Crippen molar-refractivity contribution in [2.24, 2.45) is 11.7 Å². The Kier molecular flexibility index (Phi) is 4.37. The summed E-state index contributed by atoms with van der Waals surface area (Å²) in [6, 6.07) is 8.14. The van der Waals surface area contributed by atoms with Crippen molar-refractivity contribution in [3.05, 3.63) is 35.4 Å². The lowest BCUT2D eigenvalue weighted by Gasteiger charge is -2.27. The van der Waals surface area contributed by atoms with E-state index in [0.29, 0.717) is 25.4 Å². The standard InChI is InChI=1S/C15H22N2O/c1-17(15(18)9-12-4-2-5-12)11-14-7-3-6-13(8-14)10-16/h3,6-8,12H,2,4-5,9-11,16H2,1H3. The highest BCUT2D eigenvalue weighted by Crippen LogP contribution is 2.29. The molecule has 3 nitrogen and oxygen atoms in total. The molecule has 0 aromatic heterocycles. The molecule has 0 spiro atoms. The topological polar surface area (TPSA) is 46.3 Å². The van der Waals surface area contributed by atoms with Gasteiger partial charge >= 0.3 is 0 Å². The monoisotopic (exact) mass is 246 g/mol. The highest BCUT2D eigenvalue weighted by molar-refractivity contribution is 5.76. The molecule has 0 saturated heterocycles. The fourth-order valence-corrected chi connectivity index (χ4v) is 2.32. The molecule has 1 aromatic carbocycles. The van der Waals surface area contributed by atoms with Crippen molar-refractivity contribution < 1.29 is 4.79 Å². The van der Waals surface area contributed by atoms with Crippen LogP contribution in [-0.2, 0) is 17.9 Å². The number of amides is 1. The third-order valence-electron chi connectivity index (χ3n) is 3.76. The van der Waals surface area contributed by atoms with Gasteiger partial charge in [0.1, 0.15) is 0 Å². The predicted molar refractivity (Wildman–Crippen MR) is 72.8 cm³/mol. The minimum absolute atomic E-state index is 0.262. The summed E-state index contributed by atoms with van der Waals surface area (Å²) in [4.78, 5) is 13.8. The zero-order valence-corrected chi connectivity index (χ0v) is 11.1. The number of carbonyl (C=O) groups is 1. The zero-order valence-electron chi connectivity index (χ0n) is 11.1. The first kappa shape index (κ1) is 13.1. The first-order chi connectivity index (χ1) is 8.69. The SMILES string of the molecule is CN(Cc1cccc(CN)c1)C(=O)CC1CCC1. The quantitative estimate of drug-likeness (QED) is 0.866. The zero-order chi connectivity index (χ0) is 13.0. The highest BCUT2D eigenvalue weighted by Gasteiger charge is 2.22. The van der Waals surface area contributed by atoms with Crippen LogP contribution in [0.2, 0.25) is 0 Å². The number of nitrogens with zero attached hydrogens (tertiary/aromatic N) is 1. The molecule has 2 N–H and O–H groups in total. The Morgan fingerprint density at radius 2 is 2.11 bits per heavy atom. The van der Waals surface area contributed by atoms with E-state index in [-0.39, 0.29) is 5.91 Å². The van der Waals surface area contributed by atoms with Crippen LogP contribution in [0.25, 0.3) is 0 Å². The van der Waals surface area contributed by atoms with E-state index in [4.69, 9.17) is 5.73 Å². The summed E-state index contributed by atoms with van der Waals surface area (Å²) in [7, 11) is 1.89. The largest absolute Gasteiger partial charge is 0.341 e. The number of hydrogen-bond donors (Lipinski definition) is 1. The molecule has 2 rings (SSSR count). The van der Waals surface area contributed by atoms with Gasteiger partial charge in [-0.3, -0.25) is 4.79 Å². The van der Waals surface area contributed by atoms with Crippen LogP contribution < -0.4 is 5.73 Å². The summed E-state index contributed by atoms with van der Waals surface area (Å²) in [5.41, 5.74) is 7.89. The number of hydrogen-bond acceptors (Lipinski definition) is 2. The van der Waals surface area contributed by atoms with Crippen molar-refractivity contribution in [3.8, 4) is 0 Å². The van der Waals surface area contributed by atoms with Gasteiger partial charge < -0.3 is 10.6 Å². The lowest BCUT2D eigenvalue weighted by molar-refractivity contribution is -0.132. The van der Waals surface area contributed by atoms with Gasteiger partial charge in [0.2, 0.25) is 5.91 Å². The second kappa shape index (κ2) is 6.01. The first-order valence-corrected chi connectivity index (χ1v) is 6.71. The number of carbonyl (C=O) groups excluding carboxylic acids is 1. The Morgan fingerprint density at radius 3 is 2.72 bits per heavy atom. The molecule has 18 heavy (non-hydrogen) atoms. The molecule has 0 radical (unpaired) electrons. The van der Waals surface area contributed by atoms with Gasteiger partial charge in [0.25, 0.3) is 0 Å². The normalized spacial score (nSPS) is 15.2. The summed E-state index contributed by atoms with van der Waals surface area (Å²) in [6.45, 7) is 1.23. The summed E-state index contributed by atoms with van der Waals surface area (Å²) in [5, 5.41) is 0. The van der Waals surface area contributed by atoms with Gasteiger partial charge in [-0.15, -0.1) is 0 Å². The van der Waals surface area contributed by atoms with Crippen LogP contribution in [0, 0.1) is 5.92 Å². The molecular formula is C15H22N2O. The average molecular weight is 246 g/mol. The Balaban J connectivity index is 1.88. The first-order valence-electron chi connectivity index (χ1n) is 6.71. The summed E-state index contributed by atoms with van der Waals surface area (Å²) in [6.07, 6.45) is 4.46. The second-order valence-electron chi connectivity index (χ2n) is 5.27. The molecule has 0 heterocycles. The van der Waals surface area contributed by atoms with Crippen LogP contribution in [-0.4, -0.2) is 17.9 Å². The van der Waals surface area contributed by atoms with Gasteiger partial charge in [-0.05, 0) is 29.9 Å². The Hall–Kier alpha value is -1.35. The summed E-state index contributed by atoms with van der Waals surface area (Å²) >= 11 is 0. The van der Waals surface area contributed by atoms with Crippen LogP contribution in [0.5, 0.6) is 0 Å². The van der Waals surface area contributed by atoms with E-state index in [0.717, 1.165) is 11.1 Å². The fourth-order valence-electron chi connectivity index (χ4n) is 2.32. The van der Waals surface area contributed by atoms with E-state index in [1.807, 2.05) is 30.1 Å². The van der Waals surface area contributed by atoms with Crippen molar-refractivity contribution in [1.29, 1.82) is 0 Å². The van der Waals surface area contributed by atoms with Gasteiger partial charge in [-0.2, -0.15) is 0 Å². The number of rotatable bonds is 5. The van der Waals surface area contributed by atoms with Gasteiger partial charge in [-0.25, -0.2) is 0 Å². The number of benzene rings is 1. The second-order valence-corrected chi connectivity index (χ2v) is 5.27. The summed E-state index contributed by atoms with van der Waals surface area (Å²) < 4.78 is 0. The van der Waals surface area contributed by atoms with Crippen molar-refractivity contribution >= 4 is 5.91 Å². The average Bonchev–Trinajstić information content (AvgIpc) is 2.33.